The molecule has 4 nitrogen and oxygen atoms in total. The first kappa shape index (κ1) is 15.3. The van der Waals surface area contributed by atoms with Crippen LogP contribution >= 0.6 is 15.9 Å². The normalized spacial score (nSPS) is 16.6. The highest BCUT2D eigenvalue weighted by molar-refractivity contribution is 9.10. The molecule has 2 N–H and O–H groups in total. The average molecular weight is 341 g/mol. The molecule has 0 saturated carbocycles. The monoisotopic (exact) mass is 340 g/mol. The van der Waals surface area contributed by atoms with Gasteiger partial charge in [0, 0.05) is 25.6 Å². The van der Waals surface area contributed by atoms with Crippen molar-refractivity contribution in [1.29, 1.82) is 0 Å². The highest BCUT2D eigenvalue weighted by Crippen LogP contribution is 2.26. The third-order valence-electron chi connectivity index (χ3n) is 3.39. The van der Waals surface area contributed by atoms with Gasteiger partial charge < -0.3 is 15.4 Å². The Morgan fingerprint density at radius 3 is 2.70 bits per heavy atom. The number of ether oxygens (including phenoxy) is 1. The highest BCUT2D eigenvalue weighted by atomic mass is 79.9. The van der Waals surface area contributed by atoms with Gasteiger partial charge in [-0.05, 0) is 34.0 Å². The van der Waals surface area contributed by atoms with Crippen LogP contribution in [-0.2, 0) is 4.79 Å². The van der Waals surface area contributed by atoms with E-state index in [0.717, 1.165) is 17.6 Å². The fourth-order valence-corrected chi connectivity index (χ4v) is 2.39. The molecule has 110 valence electrons. The average Bonchev–Trinajstić information content (AvgIpc) is 2.35. The molecule has 1 amide bonds. The first-order valence-corrected chi connectivity index (χ1v) is 7.77. The predicted molar refractivity (Wildman–Crippen MR) is 82.8 cm³/mol. The van der Waals surface area contributed by atoms with E-state index < -0.39 is 6.10 Å². The van der Waals surface area contributed by atoms with E-state index in [-0.39, 0.29) is 11.8 Å². The first-order valence-electron chi connectivity index (χ1n) is 6.97. The third kappa shape index (κ3) is 3.96. The minimum absolute atomic E-state index is 0.0392. The van der Waals surface area contributed by atoms with Crippen LogP contribution in [0.1, 0.15) is 13.8 Å². The Bertz CT molecular complexity index is 461. The Kier molecular flexibility index (Phi) is 5.43. The maximum absolute atomic E-state index is 12.3. The molecule has 0 radical (unpaired) electrons. The highest BCUT2D eigenvalue weighted by Gasteiger charge is 2.26. The zero-order valence-corrected chi connectivity index (χ0v) is 13.4. The number of amides is 1. The smallest absolute Gasteiger partial charge is 0.261 e. The lowest BCUT2D eigenvalue weighted by molar-refractivity contribution is -0.130. The molecular formula is C15H21BrN2O2. The van der Waals surface area contributed by atoms with Gasteiger partial charge in [0.05, 0.1) is 4.47 Å². The van der Waals surface area contributed by atoms with E-state index in [1.165, 1.54) is 0 Å². The van der Waals surface area contributed by atoms with Gasteiger partial charge in [0.15, 0.2) is 6.10 Å². The van der Waals surface area contributed by atoms with Gasteiger partial charge >= 0.3 is 0 Å². The Morgan fingerprint density at radius 2 is 2.15 bits per heavy atom. The number of benzene rings is 1. The van der Waals surface area contributed by atoms with E-state index in [4.69, 9.17) is 4.74 Å². The van der Waals surface area contributed by atoms with Gasteiger partial charge in [0.25, 0.3) is 5.91 Å². The number of hydrogen-bond acceptors (Lipinski definition) is 3. The van der Waals surface area contributed by atoms with Gasteiger partial charge in [0.2, 0.25) is 0 Å². The summed E-state index contributed by atoms with van der Waals surface area (Å²) in [6.07, 6.45) is -0.471. The van der Waals surface area contributed by atoms with E-state index in [1.807, 2.05) is 38.1 Å². The van der Waals surface area contributed by atoms with E-state index in [1.54, 1.807) is 0 Å². The summed E-state index contributed by atoms with van der Waals surface area (Å²) in [6.45, 7) is 6.67. The number of carbonyl (C=O) groups is 1. The number of halogens is 1. The summed E-state index contributed by atoms with van der Waals surface area (Å²) in [7, 11) is 0. The van der Waals surface area contributed by atoms with Gasteiger partial charge in [-0.1, -0.05) is 26.0 Å². The van der Waals surface area contributed by atoms with Crippen LogP contribution in [-0.4, -0.2) is 31.6 Å². The molecule has 1 saturated heterocycles. The van der Waals surface area contributed by atoms with Crippen molar-refractivity contribution in [3.63, 3.8) is 0 Å². The number of para-hydroxylation sites is 1. The van der Waals surface area contributed by atoms with Crippen molar-refractivity contribution in [3.8, 4) is 5.75 Å². The van der Waals surface area contributed by atoms with Crippen LogP contribution < -0.4 is 15.4 Å². The zero-order chi connectivity index (χ0) is 14.5. The number of hydrogen-bond donors (Lipinski definition) is 2. The minimum Gasteiger partial charge on any atom is -0.479 e. The van der Waals surface area contributed by atoms with Crippen molar-refractivity contribution < 1.29 is 9.53 Å². The van der Waals surface area contributed by atoms with Crippen LogP contribution in [0.4, 0.5) is 0 Å². The summed E-state index contributed by atoms with van der Waals surface area (Å²) >= 11 is 3.44. The van der Waals surface area contributed by atoms with Crippen molar-refractivity contribution in [2.45, 2.75) is 20.0 Å². The lowest BCUT2D eigenvalue weighted by Gasteiger charge is -2.29. The van der Waals surface area contributed by atoms with Crippen LogP contribution in [0.15, 0.2) is 28.7 Å². The van der Waals surface area contributed by atoms with E-state index in [9.17, 15) is 4.79 Å². The van der Waals surface area contributed by atoms with Gasteiger partial charge in [-0.3, -0.25) is 4.79 Å². The molecule has 20 heavy (non-hydrogen) atoms. The fraction of sp³-hybridized carbons (Fsp3) is 0.533. The zero-order valence-electron chi connectivity index (χ0n) is 11.9. The summed E-state index contributed by atoms with van der Waals surface area (Å²) in [5.41, 5.74) is 0. The maximum atomic E-state index is 12.3. The van der Waals surface area contributed by atoms with E-state index in [0.29, 0.717) is 18.2 Å². The molecule has 1 aliphatic rings. The topological polar surface area (TPSA) is 50.4 Å². The molecule has 1 aliphatic heterocycles. The molecule has 1 fully saturated rings. The van der Waals surface area contributed by atoms with Crippen molar-refractivity contribution in [2.24, 2.45) is 11.8 Å². The predicted octanol–water partition coefficient (Wildman–Crippen LogP) is 2.19. The Balaban J connectivity index is 1.95. The number of nitrogens with one attached hydrogen (secondary N) is 2. The molecule has 0 spiro atoms. The lowest BCUT2D eigenvalue weighted by Crippen LogP contribution is -2.51. The van der Waals surface area contributed by atoms with Crippen molar-refractivity contribution in [1.82, 2.24) is 10.6 Å². The Labute approximate surface area is 128 Å². The Hall–Kier alpha value is -1.07. The lowest BCUT2D eigenvalue weighted by atomic mass is 10.0. The van der Waals surface area contributed by atoms with E-state index >= 15 is 0 Å². The van der Waals surface area contributed by atoms with Crippen LogP contribution in [0.25, 0.3) is 0 Å². The summed E-state index contributed by atoms with van der Waals surface area (Å²) in [5, 5.41) is 6.18. The maximum Gasteiger partial charge on any atom is 0.261 e. The Morgan fingerprint density at radius 1 is 1.45 bits per heavy atom. The second-order valence-electron chi connectivity index (χ2n) is 5.48. The molecule has 1 aromatic carbocycles. The largest absolute Gasteiger partial charge is 0.479 e. The first-order chi connectivity index (χ1) is 9.58. The van der Waals surface area contributed by atoms with Crippen molar-refractivity contribution in [2.75, 3.05) is 19.6 Å². The van der Waals surface area contributed by atoms with Gasteiger partial charge in [-0.2, -0.15) is 0 Å². The summed E-state index contributed by atoms with van der Waals surface area (Å²) in [4.78, 5) is 12.3. The number of carbonyl (C=O) groups excluding carboxylic acids is 1. The summed E-state index contributed by atoms with van der Waals surface area (Å²) < 4.78 is 6.74. The summed E-state index contributed by atoms with van der Waals surface area (Å²) in [6, 6.07) is 7.59. The van der Waals surface area contributed by atoms with Gasteiger partial charge in [0.1, 0.15) is 5.75 Å². The van der Waals surface area contributed by atoms with Gasteiger partial charge in [-0.25, -0.2) is 0 Å². The molecule has 1 unspecified atom stereocenters. The standard InChI is InChI=1S/C15H21BrN2O2/c1-10(2)14(15(19)18-9-11-7-17-8-11)20-13-6-4-3-5-12(13)16/h3-6,10-11,14,17H,7-9H2,1-2H3,(H,18,19). The molecule has 1 atom stereocenters. The minimum atomic E-state index is -0.471. The molecule has 0 aromatic heterocycles. The quantitative estimate of drug-likeness (QED) is 0.834. The van der Waals surface area contributed by atoms with E-state index in [2.05, 4.69) is 26.6 Å². The second-order valence-corrected chi connectivity index (χ2v) is 6.34. The SMILES string of the molecule is CC(C)C(Oc1ccccc1Br)C(=O)NCC1CNC1. The van der Waals surface area contributed by atoms with Crippen molar-refractivity contribution >= 4 is 21.8 Å². The molecular weight excluding hydrogens is 320 g/mol. The molecule has 5 heteroatoms. The molecule has 1 heterocycles. The van der Waals surface area contributed by atoms with Gasteiger partial charge in [-0.15, -0.1) is 0 Å². The van der Waals surface area contributed by atoms with Crippen molar-refractivity contribution in [3.05, 3.63) is 28.7 Å². The second kappa shape index (κ2) is 7.09. The fourth-order valence-electron chi connectivity index (χ4n) is 2.01. The van der Waals surface area contributed by atoms with Crippen LogP contribution in [0.2, 0.25) is 0 Å². The summed E-state index contributed by atoms with van der Waals surface area (Å²) in [5.74, 6) is 1.33. The van der Waals surface area contributed by atoms with Crippen LogP contribution in [0.5, 0.6) is 5.75 Å². The van der Waals surface area contributed by atoms with Crippen LogP contribution in [0, 0.1) is 11.8 Å². The molecule has 1 aromatic rings. The third-order valence-corrected chi connectivity index (χ3v) is 4.04. The number of rotatable bonds is 6. The molecule has 2 rings (SSSR count). The van der Waals surface area contributed by atoms with Crippen LogP contribution in [0.3, 0.4) is 0 Å². The molecule has 0 bridgehead atoms. The molecule has 0 aliphatic carbocycles.